The van der Waals surface area contributed by atoms with E-state index in [1.807, 2.05) is 0 Å². The molecule has 0 spiro atoms. The van der Waals surface area contributed by atoms with Gasteiger partial charge in [0.2, 0.25) is 0 Å². The second-order valence-corrected chi connectivity index (χ2v) is 13.5. The maximum absolute atomic E-state index is 6.99. The lowest BCUT2D eigenvalue weighted by Gasteiger charge is -2.43. The first-order valence-electron chi connectivity index (χ1n) is 10.9. The van der Waals surface area contributed by atoms with Gasteiger partial charge in [-0.25, -0.2) is 0 Å². The fraction of sp³-hybridized carbons (Fsp3) is 0.520. The molecule has 2 aromatic carbocycles. The van der Waals surface area contributed by atoms with Gasteiger partial charge in [-0.2, -0.15) is 0 Å². The summed E-state index contributed by atoms with van der Waals surface area (Å²) in [6.45, 7) is 11.3. The first kappa shape index (κ1) is 22.2. The highest BCUT2D eigenvalue weighted by atomic mass is 28.4. The molecular formula is C25H36O3Si. The first-order valence-corrected chi connectivity index (χ1v) is 12.8. The molecule has 4 heteroatoms. The van der Waals surface area contributed by atoms with Crippen LogP contribution in [-0.2, 0) is 13.9 Å². The summed E-state index contributed by atoms with van der Waals surface area (Å²) in [7, 11) is -2.47. The van der Waals surface area contributed by atoms with Gasteiger partial charge in [0.05, 0.1) is 6.61 Å². The molecule has 158 valence electrons. The van der Waals surface area contributed by atoms with Crippen LogP contribution in [0.3, 0.4) is 0 Å². The second-order valence-electron chi connectivity index (χ2n) is 9.21. The topological polar surface area (TPSA) is 27.7 Å². The zero-order chi connectivity index (χ0) is 20.7. The number of benzene rings is 2. The number of hydrogen-bond donors (Lipinski definition) is 0. The van der Waals surface area contributed by atoms with E-state index < -0.39 is 8.32 Å². The van der Waals surface area contributed by atoms with Gasteiger partial charge >= 0.3 is 0 Å². The predicted molar refractivity (Wildman–Crippen MR) is 122 cm³/mol. The van der Waals surface area contributed by atoms with Gasteiger partial charge < -0.3 is 13.9 Å². The molecule has 1 heterocycles. The molecule has 0 aliphatic carbocycles. The van der Waals surface area contributed by atoms with E-state index in [0.29, 0.717) is 19.1 Å². The lowest BCUT2D eigenvalue weighted by Crippen LogP contribution is -2.66. The van der Waals surface area contributed by atoms with Crippen molar-refractivity contribution < 1.29 is 13.9 Å². The molecule has 0 N–H and O–H groups in total. The number of rotatable bonds is 8. The third-order valence-corrected chi connectivity index (χ3v) is 10.7. The van der Waals surface area contributed by atoms with Gasteiger partial charge in [0.25, 0.3) is 8.32 Å². The summed E-state index contributed by atoms with van der Waals surface area (Å²) < 4.78 is 18.7. The average Bonchev–Trinajstić information content (AvgIpc) is 2.74. The van der Waals surface area contributed by atoms with Crippen molar-refractivity contribution in [2.75, 3.05) is 19.8 Å². The van der Waals surface area contributed by atoms with E-state index in [9.17, 15) is 0 Å². The molecule has 0 bridgehead atoms. The van der Waals surface area contributed by atoms with E-state index in [1.54, 1.807) is 0 Å². The zero-order valence-electron chi connectivity index (χ0n) is 18.4. The molecule has 0 aromatic heterocycles. The summed E-state index contributed by atoms with van der Waals surface area (Å²) in [4.78, 5) is 0. The maximum atomic E-state index is 6.99. The highest BCUT2D eigenvalue weighted by molar-refractivity contribution is 6.99. The highest BCUT2D eigenvalue weighted by Crippen LogP contribution is 2.37. The van der Waals surface area contributed by atoms with E-state index in [4.69, 9.17) is 13.9 Å². The molecule has 2 aromatic rings. The van der Waals surface area contributed by atoms with Crippen LogP contribution >= 0.6 is 0 Å². The first-order chi connectivity index (χ1) is 13.9. The molecule has 29 heavy (non-hydrogen) atoms. The Labute approximate surface area is 177 Å². The molecule has 2 unspecified atom stereocenters. The largest absolute Gasteiger partial charge is 0.407 e. The number of hydrogen-bond acceptors (Lipinski definition) is 3. The van der Waals surface area contributed by atoms with Crippen molar-refractivity contribution in [2.24, 2.45) is 5.92 Å². The molecule has 0 amide bonds. The smallest absolute Gasteiger partial charge is 0.261 e. The van der Waals surface area contributed by atoms with Crippen LogP contribution < -0.4 is 10.4 Å². The van der Waals surface area contributed by atoms with E-state index in [0.717, 1.165) is 19.4 Å². The number of ether oxygens (including phenoxy) is 2. The van der Waals surface area contributed by atoms with Crippen molar-refractivity contribution in [1.82, 2.24) is 0 Å². The summed E-state index contributed by atoms with van der Waals surface area (Å²) in [6, 6.07) is 21.6. The van der Waals surface area contributed by atoms with Gasteiger partial charge in [-0.05, 0) is 34.7 Å². The fourth-order valence-electron chi connectivity index (χ4n) is 4.19. The van der Waals surface area contributed by atoms with Crippen molar-refractivity contribution >= 4 is 18.7 Å². The van der Waals surface area contributed by atoms with Crippen LogP contribution in [0.4, 0.5) is 0 Å². The molecule has 2 atom stereocenters. The normalized spacial score (nSPS) is 19.1. The van der Waals surface area contributed by atoms with Crippen LogP contribution in [0, 0.1) is 5.92 Å². The molecule has 1 fully saturated rings. The Balaban J connectivity index is 1.80. The Morgan fingerprint density at radius 2 is 1.52 bits per heavy atom. The lowest BCUT2D eigenvalue weighted by atomic mass is 10.2. The predicted octanol–water partition coefficient (Wildman–Crippen LogP) is 4.74. The van der Waals surface area contributed by atoms with Gasteiger partial charge in [-0.3, -0.25) is 0 Å². The second kappa shape index (κ2) is 10.0. The molecule has 0 radical (unpaired) electrons. The van der Waals surface area contributed by atoms with Crippen LogP contribution in [0.15, 0.2) is 60.7 Å². The standard InChI is InChI=1S/C25H36O3Si/c1-21(19-27-24-17-11-12-18-26-24)20-28-29(25(2,3)4,22-13-7-5-8-14-22)23-15-9-6-10-16-23/h5-10,13-16,21,24H,11-12,17-20H2,1-4H3. The summed E-state index contributed by atoms with van der Waals surface area (Å²) >= 11 is 0. The van der Waals surface area contributed by atoms with E-state index in [1.165, 1.54) is 16.8 Å². The van der Waals surface area contributed by atoms with Crippen molar-refractivity contribution in [3.05, 3.63) is 60.7 Å². The highest BCUT2D eigenvalue weighted by Gasteiger charge is 2.50. The third-order valence-electron chi connectivity index (χ3n) is 5.71. The Morgan fingerprint density at radius 3 is 2.00 bits per heavy atom. The monoisotopic (exact) mass is 412 g/mol. The van der Waals surface area contributed by atoms with Crippen molar-refractivity contribution in [2.45, 2.75) is 58.3 Å². The van der Waals surface area contributed by atoms with Crippen molar-refractivity contribution in [1.29, 1.82) is 0 Å². The van der Waals surface area contributed by atoms with Crippen molar-refractivity contribution in [3.63, 3.8) is 0 Å². The quantitative estimate of drug-likeness (QED) is 0.586. The maximum Gasteiger partial charge on any atom is 0.261 e. The van der Waals surface area contributed by atoms with E-state index in [2.05, 4.69) is 88.4 Å². The minimum atomic E-state index is -2.47. The molecule has 0 saturated carbocycles. The molecular weight excluding hydrogens is 376 g/mol. The Hall–Kier alpha value is -1.46. The molecule has 3 rings (SSSR count). The summed E-state index contributed by atoms with van der Waals surface area (Å²) in [6.07, 6.45) is 3.30. The van der Waals surface area contributed by atoms with Crippen LogP contribution in [0.5, 0.6) is 0 Å². The van der Waals surface area contributed by atoms with Gasteiger partial charge in [-0.1, -0.05) is 88.4 Å². The molecule has 1 saturated heterocycles. The third kappa shape index (κ3) is 5.37. The van der Waals surface area contributed by atoms with E-state index >= 15 is 0 Å². The Kier molecular flexibility index (Phi) is 7.69. The van der Waals surface area contributed by atoms with Gasteiger partial charge in [0.1, 0.15) is 0 Å². The lowest BCUT2D eigenvalue weighted by molar-refractivity contribution is -0.169. The summed E-state index contributed by atoms with van der Waals surface area (Å²) in [5, 5.41) is 2.65. The van der Waals surface area contributed by atoms with Gasteiger partial charge in [0.15, 0.2) is 6.29 Å². The zero-order valence-corrected chi connectivity index (χ0v) is 19.4. The van der Waals surface area contributed by atoms with Crippen molar-refractivity contribution in [3.8, 4) is 0 Å². The minimum absolute atomic E-state index is 0.00274. The fourth-order valence-corrected chi connectivity index (χ4v) is 8.88. The minimum Gasteiger partial charge on any atom is -0.407 e. The van der Waals surface area contributed by atoms with E-state index in [-0.39, 0.29) is 11.3 Å². The van der Waals surface area contributed by atoms with Crippen LogP contribution in [0.2, 0.25) is 5.04 Å². The Bertz CT molecular complexity index is 681. The Morgan fingerprint density at radius 1 is 0.931 bits per heavy atom. The molecule has 1 aliphatic rings. The van der Waals surface area contributed by atoms with Gasteiger partial charge in [-0.15, -0.1) is 0 Å². The summed E-state index contributed by atoms with van der Waals surface area (Å²) in [5.74, 6) is 0.308. The van der Waals surface area contributed by atoms with Crippen LogP contribution in [0.1, 0.15) is 47.0 Å². The molecule has 1 aliphatic heterocycles. The van der Waals surface area contributed by atoms with Crippen LogP contribution in [-0.4, -0.2) is 34.4 Å². The average molecular weight is 413 g/mol. The SMILES string of the molecule is CC(COC1CCCCO1)CO[Si](c1ccccc1)(c1ccccc1)C(C)(C)C. The van der Waals surface area contributed by atoms with Gasteiger partial charge in [0, 0.05) is 19.1 Å². The molecule has 3 nitrogen and oxygen atoms in total. The summed E-state index contributed by atoms with van der Waals surface area (Å²) in [5.41, 5.74) is 0. The van der Waals surface area contributed by atoms with Crippen LogP contribution in [0.25, 0.3) is 0 Å².